The molecular formula is C21H20N6O4S2. The van der Waals surface area contributed by atoms with E-state index in [1.54, 1.807) is 25.5 Å². The van der Waals surface area contributed by atoms with E-state index in [2.05, 4.69) is 25.1 Å². The Balaban J connectivity index is 1.59. The molecule has 0 saturated heterocycles. The van der Waals surface area contributed by atoms with Crippen LogP contribution in [0.1, 0.15) is 16.1 Å². The topological polar surface area (TPSA) is 128 Å². The van der Waals surface area contributed by atoms with Crippen molar-refractivity contribution in [3.8, 4) is 16.5 Å². The lowest BCUT2D eigenvalue weighted by Crippen LogP contribution is -2.18. The molecule has 10 nitrogen and oxygen atoms in total. The van der Waals surface area contributed by atoms with Gasteiger partial charge >= 0.3 is 0 Å². The van der Waals surface area contributed by atoms with E-state index >= 15 is 0 Å². The van der Waals surface area contributed by atoms with Gasteiger partial charge in [0.1, 0.15) is 16.5 Å². The van der Waals surface area contributed by atoms with Gasteiger partial charge in [-0.25, -0.2) is 18.4 Å². The second kappa shape index (κ2) is 9.00. The fourth-order valence-corrected chi connectivity index (χ4v) is 5.12. The first-order valence-electron chi connectivity index (χ1n) is 9.66. The van der Waals surface area contributed by atoms with E-state index in [1.807, 2.05) is 30.3 Å². The Kier molecular flexibility index (Phi) is 6.11. The van der Waals surface area contributed by atoms with Gasteiger partial charge in [0.05, 0.1) is 25.2 Å². The van der Waals surface area contributed by atoms with Crippen LogP contribution < -0.4 is 14.8 Å². The van der Waals surface area contributed by atoms with Gasteiger partial charge in [-0.2, -0.15) is 5.10 Å². The highest BCUT2D eigenvalue weighted by Gasteiger charge is 2.24. The van der Waals surface area contributed by atoms with Crippen LogP contribution in [-0.4, -0.2) is 41.2 Å². The first-order valence-corrected chi connectivity index (χ1v) is 12.0. The van der Waals surface area contributed by atoms with E-state index in [0.29, 0.717) is 16.4 Å². The Hall–Kier alpha value is -3.77. The Morgan fingerprint density at radius 1 is 1.18 bits per heavy atom. The third-order valence-corrected chi connectivity index (χ3v) is 6.89. The van der Waals surface area contributed by atoms with Gasteiger partial charge < -0.3 is 10.1 Å². The Morgan fingerprint density at radius 3 is 2.61 bits per heavy atom. The van der Waals surface area contributed by atoms with Gasteiger partial charge in [0.15, 0.2) is 4.90 Å². The van der Waals surface area contributed by atoms with Crippen LogP contribution in [0.5, 0.6) is 5.88 Å². The number of carbonyl (C=O) groups excluding carboxylic acids is 1. The van der Waals surface area contributed by atoms with Gasteiger partial charge in [0, 0.05) is 23.6 Å². The van der Waals surface area contributed by atoms with Gasteiger partial charge in [-0.3, -0.25) is 14.2 Å². The molecule has 0 fully saturated rings. The molecule has 0 aliphatic heterocycles. The number of nitrogens with one attached hydrogen (secondary N) is 2. The number of anilines is 2. The van der Waals surface area contributed by atoms with Crippen molar-refractivity contribution in [3.05, 3.63) is 65.4 Å². The molecule has 4 rings (SSSR count). The number of hydrogen-bond donors (Lipinski definition) is 2. The molecule has 3 aromatic heterocycles. The number of carbonyl (C=O) groups is 1. The van der Waals surface area contributed by atoms with Crippen LogP contribution in [0.2, 0.25) is 0 Å². The molecule has 0 aliphatic carbocycles. The van der Waals surface area contributed by atoms with E-state index in [1.165, 1.54) is 35.4 Å². The third-order valence-electron chi connectivity index (χ3n) is 4.67. The summed E-state index contributed by atoms with van der Waals surface area (Å²) < 4.78 is 35.1. The Bertz CT molecular complexity index is 1390. The maximum absolute atomic E-state index is 13.1. The van der Waals surface area contributed by atoms with E-state index in [9.17, 15) is 13.2 Å². The second-order valence-corrected chi connectivity index (χ2v) is 9.50. The zero-order chi connectivity index (χ0) is 23.6. The number of thiazole rings is 1. The standard InChI is InChI=1S/C21H20N6O4S2/c1-13-10-23-27(2)18(13)26-33(29,30)17-9-15(11-22-20(17)31-3)24-19(28)16-12-32-21(25-16)14-7-5-4-6-8-14/h4-12,26H,1-3H3,(H,24,28). The number of aryl methyl sites for hydroxylation is 2. The number of pyridine rings is 1. The predicted molar refractivity (Wildman–Crippen MR) is 125 cm³/mol. The Labute approximate surface area is 194 Å². The molecule has 12 heteroatoms. The van der Waals surface area contributed by atoms with E-state index in [0.717, 1.165) is 5.56 Å². The summed E-state index contributed by atoms with van der Waals surface area (Å²) in [6, 6.07) is 10.8. The third kappa shape index (κ3) is 4.71. The van der Waals surface area contributed by atoms with Crippen molar-refractivity contribution in [3.63, 3.8) is 0 Å². The molecule has 1 aromatic carbocycles. The van der Waals surface area contributed by atoms with Gasteiger partial charge in [-0.1, -0.05) is 30.3 Å². The molecule has 0 bridgehead atoms. The number of nitrogens with zero attached hydrogens (tertiary/aromatic N) is 4. The van der Waals surface area contributed by atoms with Crippen molar-refractivity contribution in [2.75, 3.05) is 17.1 Å². The van der Waals surface area contributed by atoms with Crippen molar-refractivity contribution < 1.29 is 17.9 Å². The molecule has 0 radical (unpaired) electrons. The lowest BCUT2D eigenvalue weighted by Gasteiger charge is -2.13. The van der Waals surface area contributed by atoms with Crippen molar-refractivity contribution in [2.45, 2.75) is 11.8 Å². The highest BCUT2D eigenvalue weighted by Crippen LogP contribution is 2.28. The highest BCUT2D eigenvalue weighted by molar-refractivity contribution is 7.92. The van der Waals surface area contributed by atoms with E-state index in [-0.39, 0.29) is 22.2 Å². The SMILES string of the molecule is COc1ncc(NC(=O)c2csc(-c3ccccc3)n2)cc1S(=O)(=O)Nc1c(C)cnn1C. The first-order chi connectivity index (χ1) is 15.8. The van der Waals surface area contributed by atoms with Gasteiger partial charge in [-0.05, 0) is 13.0 Å². The molecule has 170 valence electrons. The lowest BCUT2D eigenvalue weighted by molar-refractivity contribution is 0.102. The van der Waals surface area contributed by atoms with Crippen molar-refractivity contribution in [1.29, 1.82) is 0 Å². The molecule has 0 spiro atoms. The number of rotatable bonds is 7. The Morgan fingerprint density at radius 2 is 1.94 bits per heavy atom. The summed E-state index contributed by atoms with van der Waals surface area (Å²) in [6.45, 7) is 1.73. The number of ether oxygens (including phenoxy) is 1. The normalized spacial score (nSPS) is 11.2. The van der Waals surface area contributed by atoms with E-state index < -0.39 is 15.9 Å². The molecule has 4 aromatic rings. The summed E-state index contributed by atoms with van der Waals surface area (Å²) in [6.07, 6.45) is 2.86. The number of aromatic nitrogens is 4. The summed E-state index contributed by atoms with van der Waals surface area (Å²) in [7, 11) is -1.15. The minimum Gasteiger partial charge on any atom is -0.480 e. The van der Waals surface area contributed by atoms with Gasteiger partial charge in [0.25, 0.3) is 15.9 Å². The van der Waals surface area contributed by atoms with Crippen LogP contribution in [0.25, 0.3) is 10.6 Å². The van der Waals surface area contributed by atoms with Crippen LogP contribution in [0.15, 0.2) is 59.1 Å². The average molecular weight is 485 g/mol. The highest BCUT2D eigenvalue weighted by atomic mass is 32.2. The molecule has 3 heterocycles. The molecule has 0 saturated carbocycles. The zero-order valence-electron chi connectivity index (χ0n) is 17.9. The summed E-state index contributed by atoms with van der Waals surface area (Å²) in [5, 5.41) is 9.02. The summed E-state index contributed by atoms with van der Waals surface area (Å²) in [5.74, 6) is -0.290. The summed E-state index contributed by atoms with van der Waals surface area (Å²) in [4.78, 5) is 20.9. The van der Waals surface area contributed by atoms with Gasteiger partial charge in [-0.15, -0.1) is 11.3 Å². The molecule has 0 unspecified atom stereocenters. The largest absolute Gasteiger partial charge is 0.480 e. The average Bonchev–Trinajstić information content (AvgIpc) is 3.43. The number of amides is 1. The first kappa shape index (κ1) is 22.4. The quantitative estimate of drug-likeness (QED) is 0.412. The minimum absolute atomic E-state index is 0.111. The molecule has 2 N–H and O–H groups in total. The molecule has 0 aliphatic rings. The summed E-state index contributed by atoms with van der Waals surface area (Å²) >= 11 is 1.34. The maximum Gasteiger partial charge on any atom is 0.275 e. The van der Waals surface area contributed by atoms with Crippen molar-refractivity contribution in [1.82, 2.24) is 19.7 Å². The number of benzene rings is 1. The lowest BCUT2D eigenvalue weighted by atomic mass is 10.2. The zero-order valence-corrected chi connectivity index (χ0v) is 19.6. The van der Waals surface area contributed by atoms with E-state index in [4.69, 9.17) is 4.74 Å². The van der Waals surface area contributed by atoms with Crippen molar-refractivity contribution >= 4 is 38.8 Å². The van der Waals surface area contributed by atoms with Crippen LogP contribution in [0.3, 0.4) is 0 Å². The molecule has 1 amide bonds. The number of hydrogen-bond acceptors (Lipinski definition) is 8. The maximum atomic E-state index is 13.1. The number of methoxy groups -OCH3 is 1. The minimum atomic E-state index is -4.09. The fraction of sp³-hybridized carbons (Fsp3) is 0.143. The molecule has 0 atom stereocenters. The van der Waals surface area contributed by atoms with Crippen molar-refractivity contribution in [2.24, 2.45) is 7.05 Å². The second-order valence-electron chi connectivity index (χ2n) is 6.99. The van der Waals surface area contributed by atoms with Crippen LogP contribution in [-0.2, 0) is 17.1 Å². The molecule has 33 heavy (non-hydrogen) atoms. The smallest absolute Gasteiger partial charge is 0.275 e. The van der Waals surface area contributed by atoms with Gasteiger partial charge in [0.2, 0.25) is 5.88 Å². The van der Waals surface area contributed by atoms with Crippen LogP contribution in [0, 0.1) is 6.92 Å². The molecular weight excluding hydrogens is 464 g/mol. The monoisotopic (exact) mass is 484 g/mol. The fourth-order valence-electron chi connectivity index (χ4n) is 3.01. The summed E-state index contributed by atoms with van der Waals surface area (Å²) in [5.41, 5.74) is 1.94. The predicted octanol–water partition coefficient (Wildman–Crippen LogP) is 3.31. The van der Waals surface area contributed by atoms with Crippen LogP contribution in [0.4, 0.5) is 11.5 Å². The van der Waals surface area contributed by atoms with Crippen LogP contribution >= 0.6 is 11.3 Å². The number of sulfonamides is 1.